The van der Waals surface area contributed by atoms with Gasteiger partial charge in [0.2, 0.25) is 0 Å². The van der Waals surface area contributed by atoms with E-state index in [2.05, 4.69) is 27.0 Å². The standard InChI is InChI=1S/C10H5BrN2S/c11-8-3-1-7(2-4-8)10-9(5-12)14-6-13-10/h1-4,6H. The van der Waals surface area contributed by atoms with Gasteiger partial charge in [-0.25, -0.2) is 4.98 Å². The van der Waals surface area contributed by atoms with E-state index in [1.165, 1.54) is 11.3 Å². The summed E-state index contributed by atoms with van der Waals surface area (Å²) in [6.07, 6.45) is 0. The Morgan fingerprint density at radius 3 is 2.64 bits per heavy atom. The quantitative estimate of drug-likeness (QED) is 0.791. The maximum atomic E-state index is 8.83. The van der Waals surface area contributed by atoms with Crippen molar-refractivity contribution in [2.75, 3.05) is 0 Å². The van der Waals surface area contributed by atoms with Gasteiger partial charge in [-0.1, -0.05) is 28.1 Å². The number of hydrogen-bond donors (Lipinski definition) is 0. The normalized spacial score (nSPS) is 9.71. The van der Waals surface area contributed by atoms with Crippen LogP contribution in [-0.2, 0) is 0 Å². The van der Waals surface area contributed by atoms with E-state index < -0.39 is 0 Å². The Balaban J connectivity index is 2.50. The fraction of sp³-hybridized carbons (Fsp3) is 0. The van der Waals surface area contributed by atoms with Crippen molar-refractivity contribution in [1.82, 2.24) is 4.98 Å². The molecule has 2 rings (SSSR count). The second kappa shape index (κ2) is 3.91. The summed E-state index contributed by atoms with van der Waals surface area (Å²) in [6.45, 7) is 0. The van der Waals surface area contributed by atoms with E-state index in [1.807, 2.05) is 24.3 Å². The van der Waals surface area contributed by atoms with E-state index in [9.17, 15) is 0 Å². The summed E-state index contributed by atoms with van der Waals surface area (Å²) in [5.41, 5.74) is 3.44. The van der Waals surface area contributed by atoms with Crippen LogP contribution < -0.4 is 0 Å². The van der Waals surface area contributed by atoms with Gasteiger partial charge < -0.3 is 0 Å². The van der Waals surface area contributed by atoms with E-state index in [-0.39, 0.29) is 0 Å². The molecule has 0 aliphatic carbocycles. The first-order valence-electron chi connectivity index (χ1n) is 3.91. The van der Waals surface area contributed by atoms with Crippen molar-refractivity contribution in [2.45, 2.75) is 0 Å². The maximum absolute atomic E-state index is 8.83. The third-order valence-corrected chi connectivity index (χ3v) is 3.05. The molecule has 4 heteroatoms. The van der Waals surface area contributed by atoms with Gasteiger partial charge in [0, 0.05) is 10.0 Å². The van der Waals surface area contributed by atoms with Gasteiger partial charge in [0.1, 0.15) is 10.9 Å². The molecule has 2 nitrogen and oxygen atoms in total. The molecular weight excluding hydrogens is 260 g/mol. The highest BCUT2D eigenvalue weighted by Gasteiger charge is 2.07. The lowest BCUT2D eigenvalue weighted by molar-refractivity contribution is 1.39. The monoisotopic (exact) mass is 264 g/mol. The number of aromatic nitrogens is 1. The molecule has 1 aromatic heterocycles. The molecule has 0 radical (unpaired) electrons. The second-order valence-electron chi connectivity index (χ2n) is 2.65. The van der Waals surface area contributed by atoms with Gasteiger partial charge in [-0.15, -0.1) is 11.3 Å². The number of nitriles is 1. The third kappa shape index (κ3) is 1.69. The van der Waals surface area contributed by atoms with Crippen LogP contribution in [0.2, 0.25) is 0 Å². The molecule has 68 valence electrons. The number of thiazole rings is 1. The molecule has 2 aromatic rings. The summed E-state index contributed by atoms with van der Waals surface area (Å²) in [6, 6.07) is 9.90. The van der Waals surface area contributed by atoms with Crippen molar-refractivity contribution in [1.29, 1.82) is 5.26 Å². The van der Waals surface area contributed by atoms with E-state index in [0.717, 1.165) is 15.7 Å². The zero-order valence-electron chi connectivity index (χ0n) is 7.07. The highest BCUT2D eigenvalue weighted by atomic mass is 79.9. The van der Waals surface area contributed by atoms with Gasteiger partial charge in [-0.2, -0.15) is 5.26 Å². The van der Waals surface area contributed by atoms with Crippen molar-refractivity contribution in [3.05, 3.63) is 39.1 Å². The number of rotatable bonds is 1. The van der Waals surface area contributed by atoms with E-state index >= 15 is 0 Å². The summed E-state index contributed by atoms with van der Waals surface area (Å²) in [4.78, 5) is 4.83. The summed E-state index contributed by atoms with van der Waals surface area (Å²) in [7, 11) is 0. The number of nitrogens with zero attached hydrogens (tertiary/aromatic N) is 2. The largest absolute Gasteiger partial charge is 0.243 e. The van der Waals surface area contributed by atoms with E-state index in [1.54, 1.807) is 5.51 Å². The number of halogens is 1. The van der Waals surface area contributed by atoms with Gasteiger partial charge >= 0.3 is 0 Å². The topological polar surface area (TPSA) is 36.7 Å². The first-order valence-corrected chi connectivity index (χ1v) is 5.58. The zero-order valence-corrected chi connectivity index (χ0v) is 9.47. The molecule has 1 heterocycles. The van der Waals surface area contributed by atoms with E-state index in [4.69, 9.17) is 5.26 Å². The van der Waals surface area contributed by atoms with Crippen molar-refractivity contribution in [3.63, 3.8) is 0 Å². The predicted octanol–water partition coefficient (Wildman–Crippen LogP) is 3.44. The van der Waals surface area contributed by atoms with Crippen LogP contribution in [0.25, 0.3) is 11.3 Å². The molecule has 0 fully saturated rings. The van der Waals surface area contributed by atoms with Gasteiger partial charge in [-0.05, 0) is 12.1 Å². The first-order chi connectivity index (χ1) is 6.81. The van der Waals surface area contributed by atoms with Crippen molar-refractivity contribution >= 4 is 27.3 Å². The summed E-state index contributed by atoms with van der Waals surface area (Å²) < 4.78 is 1.02. The minimum atomic E-state index is 0.660. The molecule has 0 amide bonds. The zero-order chi connectivity index (χ0) is 9.97. The number of hydrogen-bond acceptors (Lipinski definition) is 3. The fourth-order valence-electron chi connectivity index (χ4n) is 1.14. The Bertz CT molecular complexity index is 482. The molecule has 0 unspecified atom stereocenters. The van der Waals surface area contributed by atoms with Crippen molar-refractivity contribution in [2.24, 2.45) is 0 Å². The first kappa shape index (κ1) is 9.38. The Morgan fingerprint density at radius 2 is 2.00 bits per heavy atom. The van der Waals surface area contributed by atoms with Crippen LogP contribution in [0.1, 0.15) is 4.88 Å². The van der Waals surface area contributed by atoms with Crippen molar-refractivity contribution in [3.8, 4) is 17.3 Å². The second-order valence-corrected chi connectivity index (χ2v) is 4.42. The lowest BCUT2D eigenvalue weighted by Crippen LogP contribution is -1.79. The molecular formula is C10H5BrN2S. The minimum Gasteiger partial charge on any atom is -0.243 e. The van der Waals surface area contributed by atoms with Gasteiger partial charge in [0.05, 0.1) is 11.2 Å². The average molecular weight is 265 g/mol. The van der Waals surface area contributed by atoms with Crippen LogP contribution in [0.5, 0.6) is 0 Å². The smallest absolute Gasteiger partial charge is 0.132 e. The SMILES string of the molecule is N#Cc1scnc1-c1ccc(Br)cc1. The van der Waals surface area contributed by atoms with Crippen LogP contribution in [-0.4, -0.2) is 4.98 Å². The van der Waals surface area contributed by atoms with Gasteiger partial charge in [-0.3, -0.25) is 0 Å². The molecule has 0 atom stereocenters. The molecule has 0 N–H and O–H groups in total. The molecule has 1 aromatic carbocycles. The molecule has 14 heavy (non-hydrogen) atoms. The predicted molar refractivity (Wildman–Crippen MR) is 60.0 cm³/mol. The highest BCUT2D eigenvalue weighted by molar-refractivity contribution is 9.10. The van der Waals surface area contributed by atoms with Crippen LogP contribution >= 0.6 is 27.3 Å². The Labute approximate surface area is 94.0 Å². The van der Waals surface area contributed by atoms with Gasteiger partial charge in [0.25, 0.3) is 0 Å². The lowest BCUT2D eigenvalue weighted by Gasteiger charge is -1.96. The molecule has 0 aliphatic heterocycles. The average Bonchev–Trinajstić information content (AvgIpc) is 2.67. The highest BCUT2D eigenvalue weighted by Crippen LogP contribution is 2.25. The van der Waals surface area contributed by atoms with Gasteiger partial charge in [0.15, 0.2) is 0 Å². The fourth-order valence-corrected chi connectivity index (χ4v) is 2.00. The molecule has 0 bridgehead atoms. The van der Waals surface area contributed by atoms with Crippen LogP contribution in [0.4, 0.5) is 0 Å². The van der Waals surface area contributed by atoms with E-state index in [0.29, 0.717) is 4.88 Å². The Hall–Kier alpha value is -1.18. The molecule has 0 saturated carbocycles. The maximum Gasteiger partial charge on any atom is 0.132 e. The lowest BCUT2D eigenvalue weighted by atomic mass is 10.1. The third-order valence-electron chi connectivity index (χ3n) is 1.79. The minimum absolute atomic E-state index is 0.660. The molecule has 0 saturated heterocycles. The summed E-state index contributed by atoms with van der Waals surface area (Å²) >= 11 is 4.73. The number of benzene rings is 1. The molecule has 0 aliphatic rings. The Kier molecular flexibility index (Phi) is 2.62. The molecule has 0 spiro atoms. The van der Waals surface area contributed by atoms with Crippen molar-refractivity contribution < 1.29 is 0 Å². The van der Waals surface area contributed by atoms with Crippen LogP contribution in [0, 0.1) is 11.3 Å². The summed E-state index contributed by atoms with van der Waals surface area (Å²) in [5, 5.41) is 8.83. The Morgan fingerprint density at radius 1 is 1.29 bits per heavy atom. The summed E-state index contributed by atoms with van der Waals surface area (Å²) in [5.74, 6) is 0. The van der Waals surface area contributed by atoms with Crippen LogP contribution in [0.15, 0.2) is 34.2 Å². The van der Waals surface area contributed by atoms with Crippen LogP contribution in [0.3, 0.4) is 0 Å².